The molecule has 0 aliphatic heterocycles. The minimum Gasteiger partial charge on any atom is -0.351 e. The number of nitrogens with one attached hydrogen (secondary N) is 1. The highest BCUT2D eigenvalue weighted by atomic mass is 32.1. The van der Waals surface area contributed by atoms with Crippen molar-refractivity contribution in [2.45, 2.75) is 44.2 Å². The molecule has 4 rings (SSSR count). The molecule has 1 N–H and O–H groups in total. The lowest BCUT2D eigenvalue weighted by atomic mass is 9.95. The number of thiophene rings is 1. The van der Waals surface area contributed by atoms with Crippen molar-refractivity contribution in [1.29, 1.82) is 0 Å². The number of hydrogen-bond donors (Lipinski definition) is 1. The molecule has 0 spiro atoms. The Labute approximate surface area is 184 Å². The van der Waals surface area contributed by atoms with E-state index in [0.29, 0.717) is 4.88 Å². The third-order valence-corrected chi connectivity index (χ3v) is 6.31. The van der Waals surface area contributed by atoms with Crippen LogP contribution >= 0.6 is 11.3 Å². The zero-order valence-electron chi connectivity index (χ0n) is 16.9. The van der Waals surface area contributed by atoms with Crippen LogP contribution in [-0.2, 0) is 4.79 Å². The van der Waals surface area contributed by atoms with Crippen molar-refractivity contribution in [3.63, 3.8) is 0 Å². The highest BCUT2D eigenvalue weighted by molar-refractivity contribution is 7.10. The summed E-state index contributed by atoms with van der Waals surface area (Å²) in [7, 11) is 0. The summed E-state index contributed by atoms with van der Waals surface area (Å²) in [5.74, 6) is -1.50. The standard InChI is InChI=1S/C23H23FN4O2S/c24-17-9-4-5-10-19(17)28(23(30)18-15-25-12-13-26-18)21(20-11-6-14-31-20)22(29)27-16-7-2-1-3-8-16/h4-6,9-16,21H,1-3,7-8H2,(H,27,29)/t21-/m1/s1. The third kappa shape index (κ3) is 4.80. The molecule has 0 saturated heterocycles. The van der Waals surface area contributed by atoms with Crippen LogP contribution in [0.15, 0.2) is 60.4 Å². The van der Waals surface area contributed by atoms with Crippen molar-refractivity contribution >= 4 is 28.8 Å². The van der Waals surface area contributed by atoms with Gasteiger partial charge in [-0.1, -0.05) is 37.5 Å². The molecule has 1 aromatic carbocycles. The van der Waals surface area contributed by atoms with Gasteiger partial charge in [-0.15, -0.1) is 11.3 Å². The number of carbonyl (C=O) groups is 2. The van der Waals surface area contributed by atoms with E-state index in [4.69, 9.17) is 0 Å². The summed E-state index contributed by atoms with van der Waals surface area (Å²) < 4.78 is 14.9. The first-order valence-corrected chi connectivity index (χ1v) is 11.2. The fraction of sp³-hybridized carbons (Fsp3) is 0.304. The molecule has 2 aromatic heterocycles. The zero-order chi connectivity index (χ0) is 21.6. The van der Waals surface area contributed by atoms with Gasteiger partial charge in [-0.2, -0.15) is 0 Å². The normalized spacial score (nSPS) is 15.3. The van der Waals surface area contributed by atoms with Crippen LogP contribution in [0.4, 0.5) is 10.1 Å². The molecule has 1 atom stereocenters. The van der Waals surface area contributed by atoms with E-state index in [0.717, 1.165) is 32.1 Å². The van der Waals surface area contributed by atoms with Crippen molar-refractivity contribution in [2.24, 2.45) is 0 Å². The Morgan fingerprint density at radius 2 is 1.90 bits per heavy atom. The van der Waals surface area contributed by atoms with Crippen molar-refractivity contribution in [1.82, 2.24) is 15.3 Å². The van der Waals surface area contributed by atoms with Crippen LogP contribution in [0, 0.1) is 5.82 Å². The molecule has 1 fully saturated rings. The second kappa shape index (κ2) is 9.78. The van der Waals surface area contributed by atoms with E-state index in [1.807, 2.05) is 11.4 Å². The van der Waals surface area contributed by atoms with Gasteiger partial charge in [-0.05, 0) is 36.4 Å². The first kappa shape index (κ1) is 21.1. The number of aromatic nitrogens is 2. The molecule has 1 saturated carbocycles. The largest absolute Gasteiger partial charge is 0.351 e. The Bertz CT molecular complexity index is 1020. The Hall–Kier alpha value is -3.13. The maximum absolute atomic E-state index is 14.9. The molecule has 2 heterocycles. The van der Waals surface area contributed by atoms with Gasteiger partial charge in [0, 0.05) is 23.3 Å². The number of rotatable bonds is 6. The number of halogens is 1. The smallest absolute Gasteiger partial charge is 0.279 e. The first-order chi connectivity index (χ1) is 15.1. The molecular weight excluding hydrogens is 415 g/mol. The van der Waals surface area contributed by atoms with Crippen LogP contribution in [0.2, 0.25) is 0 Å². The van der Waals surface area contributed by atoms with E-state index < -0.39 is 17.8 Å². The topological polar surface area (TPSA) is 75.2 Å². The number of amides is 2. The molecule has 1 aliphatic carbocycles. The molecule has 6 nitrogen and oxygen atoms in total. The monoisotopic (exact) mass is 438 g/mol. The molecule has 8 heteroatoms. The Balaban J connectivity index is 1.77. The summed E-state index contributed by atoms with van der Waals surface area (Å²) in [4.78, 5) is 36.9. The maximum Gasteiger partial charge on any atom is 0.279 e. The molecule has 0 unspecified atom stereocenters. The SMILES string of the molecule is O=C(NC1CCCCC1)[C@@H](c1cccs1)N(C(=O)c1cnccn1)c1ccccc1F. The Kier molecular flexibility index (Phi) is 6.66. The molecule has 2 amide bonds. The summed E-state index contributed by atoms with van der Waals surface area (Å²) in [5, 5.41) is 4.93. The third-order valence-electron chi connectivity index (χ3n) is 5.38. The molecule has 31 heavy (non-hydrogen) atoms. The van der Waals surface area contributed by atoms with E-state index in [9.17, 15) is 14.0 Å². The van der Waals surface area contributed by atoms with Gasteiger partial charge in [0.25, 0.3) is 5.91 Å². The van der Waals surface area contributed by atoms with Crippen molar-refractivity contribution in [2.75, 3.05) is 4.90 Å². The molecule has 160 valence electrons. The van der Waals surface area contributed by atoms with E-state index in [1.54, 1.807) is 18.2 Å². The van der Waals surface area contributed by atoms with E-state index in [1.165, 1.54) is 47.0 Å². The minimum absolute atomic E-state index is 0.0235. The zero-order valence-corrected chi connectivity index (χ0v) is 17.7. The summed E-state index contributed by atoms with van der Waals surface area (Å²) in [5.41, 5.74) is 0.0631. The molecule has 3 aromatic rings. The van der Waals surface area contributed by atoms with Crippen LogP contribution in [0.1, 0.15) is 53.5 Å². The predicted molar refractivity (Wildman–Crippen MR) is 117 cm³/mol. The van der Waals surface area contributed by atoms with Crippen LogP contribution in [-0.4, -0.2) is 27.8 Å². The van der Waals surface area contributed by atoms with Gasteiger partial charge < -0.3 is 5.32 Å². The molecular formula is C23H23FN4O2S. The van der Waals surface area contributed by atoms with Gasteiger partial charge in [0.1, 0.15) is 11.5 Å². The highest BCUT2D eigenvalue weighted by Crippen LogP contribution is 2.33. The van der Waals surface area contributed by atoms with Gasteiger partial charge in [-0.25, -0.2) is 9.37 Å². The van der Waals surface area contributed by atoms with Crippen LogP contribution in [0.25, 0.3) is 0 Å². The molecule has 0 bridgehead atoms. The second-order valence-corrected chi connectivity index (χ2v) is 8.46. The first-order valence-electron chi connectivity index (χ1n) is 10.3. The van der Waals surface area contributed by atoms with Crippen LogP contribution in [0.5, 0.6) is 0 Å². The lowest BCUT2D eigenvalue weighted by Gasteiger charge is -2.32. The summed E-state index contributed by atoms with van der Waals surface area (Å²) in [6.07, 6.45) is 9.26. The van der Waals surface area contributed by atoms with Gasteiger partial charge in [0.2, 0.25) is 5.91 Å². The van der Waals surface area contributed by atoms with E-state index >= 15 is 0 Å². The van der Waals surface area contributed by atoms with Crippen molar-refractivity contribution < 1.29 is 14.0 Å². The average Bonchev–Trinajstić information content (AvgIpc) is 3.33. The van der Waals surface area contributed by atoms with Gasteiger partial charge in [-0.3, -0.25) is 19.5 Å². The number of anilines is 1. The number of carbonyl (C=O) groups excluding carboxylic acids is 2. The van der Waals surface area contributed by atoms with Crippen LogP contribution < -0.4 is 10.2 Å². The lowest BCUT2D eigenvalue weighted by Crippen LogP contribution is -2.47. The Morgan fingerprint density at radius 3 is 2.58 bits per heavy atom. The summed E-state index contributed by atoms with van der Waals surface area (Å²) in [6, 6.07) is 8.59. The Morgan fingerprint density at radius 1 is 1.10 bits per heavy atom. The van der Waals surface area contributed by atoms with Crippen LogP contribution in [0.3, 0.4) is 0 Å². The molecule has 0 radical (unpaired) electrons. The fourth-order valence-corrected chi connectivity index (χ4v) is 4.71. The summed E-state index contributed by atoms with van der Waals surface area (Å²) in [6.45, 7) is 0. The van der Waals surface area contributed by atoms with Crippen molar-refractivity contribution in [3.8, 4) is 0 Å². The lowest BCUT2D eigenvalue weighted by molar-refractivity contribution is -0.123. The number of hydrogen-bond acceptors (Lipinski definition) is 5. The quantitative estimate of drug-likeness (QED) is 0.614. The minimum atomic E-state index is -1.02. The molecule has 1 aliphatic rings. The maximum atomic E-state index is 14.9. The van der Waals surface area contributed by atoms with E-state index in [2.05, 4.69) is 15.3 Å². The second-order valence-electron chi connectivity index (χ2n) is 7.48. The average molecular weight is 439 g/mol. The highest BCUT2D eigenvalue weighted by Gasteiger charge is 2.37. The van der Waals surface area contributed by atoms with Gasteiger partial charge in [0.05, 0.1) is 11.9 Å². The summed E-state index contributed by atoms with van der Waals surface area (Å²) >= 11 is 1.35. The number of para-hydroxylation sites is 1. The predicted octanol–water partition coefficient (Wildman–Crippen LogP) is 4.51. The van der Waals surface area contributed by atoms with Gasteiger partial charge >= 0.3 is 0 Å². The van der Waals surface area contributed by atoms with E-state index in [-0.39, 0.29) is 23.3 Å². The number of nitrogens with zero attached hydrogens (tertiary/aromatic N) is 3. The van der Waals surface area contributed by atoms with Gasteiger partial charge in [0.15, 0.2) is 6.04 Å². The number of benzene rings is 1. The fourth-order valence-electron chi connectivity index (χ4n) is 3.89. The van der Waals surface area contributed by atoms with Crippen molar-refractivity contribution in [3.05, 3.63) is 76.8 Å².